The van der Waals surface area contributed by atoms with Crippen LogP contribution in [0, 0.1) is 0 Å². The Hall–Kier alpha value is -1.64. The summed E-state index contributed by atoms with van der Waals surface area (Å²) in [7, 11) is 3.38. The van der Waals surface area contributed by atoms with Crippen molar-refractivity contribution in [2.24, 2.45) is 0 Å². The zero-order valence-corrected chi connectivity index (χ0v) is 12.6. The molecule has 0 bridgehead atoms. The first kappa shape index (κ1) is 13.3. The van der Waals surface area contributed by atoms with Crippen molar-refractivity contribution in [2.75, 3.05) is 14.2 Å². The minimum Gasteiger partial charge on any atom is -0.493 e. The third-order valence-electron chi connectivity index (χ3n) is 4.57. The summed E-state index contributed by atoms with van der Waals surface area (Å²) in [6, 6.07) is 4.18. The van der Waals surface area contributed by atoms with E-state index in [1.807, 2.05) is 0 Å². The summed E-state index contributed by atoms with van der Waals surface area (Å²) in [6.45, 7) is 2.16. The Balaban J connectivity index is 2.17. The smallest absolute Gasteiger partial charge is 0.161 e. The highest BCUT2D eigenvalue weighted by Crippen LogP contribution is 2.32. The molecule has 0 atom stereocenters. The molecule has 2 aliphatic rings. The van der Waals surface area contributed by atoms with Crippen LogP contribution in [0.2, 0.25) is 0 Å². The summed E-state index contributed by atoms with van der Waals surface area (Å²) in [5, 5.41) is 6.23. The Morgan fingerprint density at radius 1 is 1.00 bits per heavy atom. The molecule has 20 heavy (non-hydrogen) atoms. The molecule has 3 rings (SSSR count). The molecule has 1 aliphatic heterocycles. The van der Waals surface area contributed by atoms with Gasteiger partial charge in [-0.15, -0.1) is 0 Å². The van der Waals surface area contributed by atoms with Crippen LogP contribution in [-0.4, -0.2) is 19.8 Å². The highest BCUT2D eigenvalue weighted by Gasteiger charge is 2.31. The monoisotopic (exact) mass is 273 g/mol. The number of hydrogen-bond donors (Lipinski definition) is 1. The van der Waals surface area contributed by atoms with Crippen molar-refractivity contribution in [2.45, 2.75) is 44.6 Å². The van der Waals surface area contributed by atoms with Crippen LogP contribution >= 0.6 is 0 Å². The number of hydrogen-bond acceptors (Lipinski definition) is 3. The van der Waals surface area contributed by atoms with Crippen molar-refractivity contribution in [3.63, 3.8) is 0 Å². The van der Waals surface area contributed by atoms with Gasteiger partial charge in [-0.1, -0.05) is 25.3 Å². The van der Waals surface area contributed by atoms with Gasteiger partial charge in [0.2, 0.25) is 0 Å². The van der Waals surface area contributed by atoms with E-state index in [4.69, 9.17) is 9.47 Å². The Bertz CT molecular complexity index is 627. The summed E-state index contributed by atoms with van der Waals surface area (Å²) in [6.07, 6.45) is 8.81. The van der Waals surface area contributed by atoms with E-state index >= 15 is 0 Å². The molecule has 0 aromatic heterocycles. The molecule has 1 aromatic carbocycles. The van der Waals surface area contributed by atoms with Crippen molar-refractivity contribution >= 4 is 11.8 Å². The van der Waals surface area contributed by atoms with E-state index in [-0.39, 0.29) is 5.54 Å². The third-order valence-corrected chi connectivity index (χ3v) is 4.57. The normalized spacial score (nSPS) is 19.9. The molecule has 1 heterocycles. The van der Waals surface area contributed by atoms with E-state index in [0.717, 1.165) is 11.5 Å². The fraction of sp³-hybridized carbons (Fsp3) is 0.529. The highest BCUT2D eigenvalue weighted by atomic mass is 16.5. The average Bonchev–Trinajstić information content (AvgIpc) is 2.46. The number of rotatable bonds is 2. The van der Waals surface area contributed by atoms with Crippen LogP contribution in [0.1, 0.15) is 39.0 Å². The van der Waals surface area contributed by atoms with Crippen molar-refractivity contribution < 1.29 is 9.47 Å². The molecule has 0 radical (unpaired) electrons. The van der Waals surface area contributed by atoms with Crippen LogP contribution in [0.3, 0.4) is 0 Å². The van der Waals surface area contributed by atoms with E-state index in [1.54, 1.807) is 14.2 Å². The zero-order valence-electron chi connectivity index (χ0n) is 12.6. The van der Waals surface area contributed by atoms with Crippen molar-refractivity contribution in [3.05, 3.63) is 22.6 Å². The Morgan fingerprint density at radius 3 is 2.30 bits per heavy atom. The Kier molecular flexibility index (Phi) is 3.36. The van der Waals surface area contributed by atoms with Gasteiger partial charge >= 0.3 is 0 Å². The van der Waals surface area contributed by atoms with Gasteiger partial charge in [0.1, 0.15) is 0 Å². The largest absolute Gasteiger partial charge is 0.493 e. The topological polar surface area (TPSA) is 30.5 Å². The highest BCUT2D eigenvalue weighted by molar-refractivity contribution is 5.58. The Labute approximate surface area is 120 Å². The second kappa shape index (κ2) is 5.04. The summed E-state index contributed by atoms with van der Waals surface area (Å²) < 4.78 is 10.8. The lowest BCUT2D eigenvalue weighted by molar-refractivity contribution is 0.336. The van der Waals surface area contributed by atoms with Crippen LogP contribution in [-0.2, 0) is 0 Å². The summed E-state index contributed by atoms with van der Waals surface area (Å²) >= 11 is 0. The molecular weight excluding hydrogens is 250 g/mol. The number of fused-ring (bicyclic) bond motifs is 1. The number of benzene rings is 1. The van der Waals surface area contributed by atoms with E-state index in [0.29, 0.717) is 0 Å². The second-order valence-electron chi connectivity index (χ2n) is 5.91. The molecule has 1 aromatic rings. The quantitative estimate of drug-likeness (QED) is 0.893. The molecule has 0 amide bonds. The maximum absolute atomic E-state index is 5.44. The van der Waals surface area contributed by atoms with Crippen molar-refractivity contribution in [3.8, 4) is 11.5 Å². The van der Waals surface area contributed by atoms with Crippen LogP contribution in [0.4, 0.5) is 0 Å². The number of nitrogens with one attached hydrogen (secondary N) is 1. The standard InChI is InChI=1S/C17H23NO2/c1-12-14-10-16(20-3)15(19-2)9-13(14)11-17(18-12)7-5-4-6-8-17/h9-11,18H,4-8H2,1-3H3. The van der Waals surface area contributed by atoms with Crippen molar-refractivity contribution in [1.82, 2.24) is 5.32 Å². The predicted octanol–water partition coefficient (Wildman–Crippen LogP) is 1.92. The molecule has 0 unspecified atom stereocenters. The third kappa shape index (κ3) is 2.15. The maximum atomic E-state index is 5.44. The Morgan fingerprint density at radius 2 is 1.65 bits per heavy atom. The van der Waals surface area contributed by atoms with Gasteiger partial charge in [-0.2, -0.15) is 0 Å². The predicted molar refractivity (Wildman–Crippen MR) is 81.3 cm³/mol. The van der Waals surface area contributed by atoms with Crippen LogP contribution < -0.4 is 25.2 Å². The summed E-state index contributed by atoms with van der Waals surface area (Å²) in [5.74, 6) is 1.60. The van der Waals surface area contributed by atoms with Crippen LogP contribution in [0.5, 0.6) is 11.5 Å². The van der Waals surface area contributed by atoms with E-state index < -0.39 is 0 Å². The number of methoxy groups -OCH3 is 2. The first-order chi connectivity index (χ1) is 9.67. The molecule has 108 valence electrons. The van der Waals surface area contributed by atoms with Gasteiger partial charge < -0.3 is 14.8 Å². The van der Waals surface area contributed by atoms with E-state index in [1.165, 1.54) is 48.2 Å². The minimum atomic E-state index is 0.148. The van der Waals surface area contributed by atoms with Gasteiger partial charge in [0.15, 0.2) is 11.5 Å². The van der Waals surface area contributed by atoms with Gasteiger partial charge in [-0.3, -0.25) is 0 Å². The van der Waals surface area contributed by atoms with Crippen molar-refractivity contribution in [1.29, 1.82) is 0 Å². The molecular formula is C17H23NO2. The van der Waals surface area contributed by atoms with Gasteiger partial charge in [-0.05, 0) is 37.1 Å². The molecule has 1 fully saturated rings. The lowest BCUT2D eigenvalue weighted by Gasteiger charge is -2.38. The average molecular weight is 273 g/mol. The fourth-order valence-corrected chi connectivity index (χ4v) is 3.57. The SMILES string of the molecule is COc1cc2c(cc1OC)=C(C)NC1(C=2)CCCCC1. The van der Waals surface area contributed by atoms with E-state index in [2.05, 4.69) is 30.4 Å². The first-order valence-electron chi connectivity index (χ1n) is 7.41. The van der Waals surface area contributed by atoms with Gasteiger partial charge in [-0.25, -0.2) is 0 Å². The fourth-order valence-electron chi connectivity index (χ4n) is 3.57. The summed E-state index contributed by atoms with van der Waals surface area (Å²) in [4.78, 5) is 0. The van der Waals surface area contributed by atoms with E-state index in [9.17, 15) is 0 Å². The first-order valence-corrected chi connectivity index (χ1v) is 7.41. The zero-order chi connectivity index (χ0) is 14.2. The molecule has 1 saturated carbocycles. The van der Waals surface area contributed by atoms with Gasteiger partial charge in [0, 0.05) is 10.9 Å². The lowest BCUT2D eigenvalue weighted by Crippen LogP contribution is -2.52. The molecule has 0 saturated heterocycles. The number of ether oxygens (including phenoxy) is 2. The van der Waals surface area contributed by atoms with Gasteiger partial charge in [0.25, 0.3) is 0 Å². The molecule has 1 aliphatic carbocycles. The lowest BCUT2D eigenvalue weighted by atomic mass is 9.79. The maximum Gasteiger partial charge on any atom is 0.161 e. The molecule has 1 N–H and O–H groups in total. The molecule has 3 nitrogen and oxygen atoms in total. The van der Waals surface area contributed by atoms with Crippen LogP contribution in [0.25, 0.3) is 11.8 Å². The molecule has 3 heteroatoms. The van der Waals surface area contributed by atoms with Crippen LogP contribution in [0.15, 0.2) is 12.1 Å². The molecule has 1 spiro atoms. The summed E-state index contributed by atoms with van der Waals surface area (Å²) in [5.41, 5.74) is 1.39. The van der Waals surface area contributed by atoms with Gasteiger partial charge in [0.05, 0.1) is 19.8 Å². The minimum absolute atomic E-state index is 0.148. The second-order valence-corrected chi connectivity index (χ2v) is 5.91.